The summed E-state index contributed by atoms with van der Waals surface area (Å²) in [6.45, 7) is 0. The molecule has 15 heavy (non-hydrogen) atoms. The van der Waals surface area contributed by atoms with Crippen LogP contribution in [-0.2, 0) is 9.59 Å². The Morgan fingerprint density at radius 3 is 2.60 bits per heavy atom. The van der Waals surface area contributed by atoms with Crippen LogP contribution in [0.15, 0.2) is 30.6 Å². The lowest BCUT2D eigenvalue weighted by atomic mass is 10.0. The molecule has 0 unspecified atom stereocenters. The molecule has 0 radical (unpaired) electrons. The lowest BCUT2D eigenvalue weighted by molar-refractivity contribution is -0.135. The Kier molecular flexibility index (Phi) is 3.56. The van der Waals surface area contributed by atoms with Crippen LogP contribution in [-0.4, -0.2) is 27.1 Å². The van der Waals surface area contributed by atoms with Crippen LogP contribution in [0.3, 0.4) is 0 Å². The molecule has 0 amide bonds. The van der Waals surface area contributed by atoms with Crippen molar-refractivity contribution in [3.05, 3.63) is 36.2 Å². The minimum Gasteiger partial charge on any atom is -0.481 e. The van der Waals surface area contributed by atoms with Crippen molar-refractivity contribution in [2.24, 2.45) is 0 Å². The summed E-state index contributed by atoms with van der Waals surface area (Å²) < 4.78 is 0. The van der Waals surface area contributed by atoms with Crippen LogP contribution in [0.1, 0.15) is 12.0 Å². The van der Waals surface area contributed by atoms with E-state index in [-0.39, 0.29) is 12.0 Å². The molecule has 0 aliphatic carbocycles. The summed E-state index contributed by atoms with van der Waals surface area (Å²) in [4.78, 5) is 24.8. The summed E-state index contributed by atoms with van der Waals surface area (Å²) in [6.07, 6.45) is 3.50. The monoisotopic (exact) mass is 207 g/mol. The van der Waals surface area contributed by atoms with Crippen molar-refractivity contribution in [2.45, 2.75) is 6.42 Å². The number of pyridine rings is 1. The molecule has 0 fully saturated rings. The molecule has 0 bridgehead atoms. The first-order chi connectivity index (χ1) is 7.09. The summed E-state index contributed by atoms with van der Waals surface area (Å²) in [5, 5.41) is 17.2. The van der Waals surface area contributed by atoms with Crippen molar-refractivity contribution in [3.63, 3.8) is 0 Å². The first-order valence-corrected chi connectivity index (χ1v) is 4.15. The van der Waals surface area contributed by atoms with Gasteiger partial charge in [-0.3, -0.25) is 9.78 Å². The molecule has 1 aromatic rings. The minimum atomic E-state index is -1.17. The predicted molar refractivity (Wildman–Crippen MR) is 52.1 cm³/mol. The second-order valence-corrected chi connectivity index (χ2v) is 2.82. The van der Waals surface area contributed by atoms with Crippen LogP contribution in [0.25, 0.3) is 5.57 Å². The quantitative estimate of drug-likeness (QED) is 0.720. The Balaban J connectivity index is 3.02. The van der Waals surface area contributed by atoms with Gasteiger partial charge in [0.15, 0.2) is 0 Å². The topological polar surface area (TPSA) is 87.5 Å². The zero-order valence-corrected chi connectivity index (χ0v) is 7.75. The number of hydrogen-bond donors (Lipinski definition) is 2. The Labute approximate surface area is 85.7 Å². The number of aliphatic carboxylic acids is 2. The van der Waals surface area contributed by atoms with E-state index in [9.17, 15) is 9.59 Å². The standard InChI is InChI=1S/C10H9NO4/c12-9(13)4-8(5-10(14)15)7-2-1-3-11-6-7/h1-4,6H,5H2,(H,12,13)(H,14,15)/b8-4-. The van der Waals surface area contributed by atoms with Gasteiger partial charge in [-0.05, 0) is 17.2 Å². The molecule has 1 heterocycles. The van der Waals surface area contributed by atoms with Gasteiger partial charge in [0, 0.05) is 18.5 Å². The first kappa shape index (κ1) is 10.9. The largest absolute Gasteiger partial charge is 0.481 e. The van der Waals surface area contributed by atoms with E-state index in [4.69, 9.17) is 10.2 Å². The molecule has 1 rings (SSSR count). The number of carboxylic acids is 2. The number of carbonyl (C=O) groups is 2. The highest BCUT2D eigenvalue weighted by Gasteiger charge is 2.08. The van der Waals surface area contributed by atoms with Crippen LogP contribution in [0, 0.1) is 0 Å². The Bertz CT molecular complexity index is 397. The Morgan fingerprint density at radius 1 is 1.40 bits per heavy atom. The molecular weight excluding hydrogens is 198 g/mol. The van der Waals surface area contributed by atoms with Crippen molar-refractivity contribution in [1.29, 1.82) is 0 Å². The van der Waals surface area contributed by atoms with E-state index in [0.717, 1.165) is 6.08 Å². The normalized spacial score (nSPS) is 11.1. The van der Waals surface area contributed by atoms with E-state index in [1.807, 2.05) is 0 Å². The third-order valence-corrected chi connectivity index (χ3v) is 1.67. The molecule has 0 atom stereocenters. The molecule has 78 valence electrons. The maximum Gasteiger partial charge on any atom is 0.328 e. The number of hydrogen-bond acceptors (Lipinski definition) is 3. The molecular formula is C10H9NO4. The molecule has 0 aliphatic heterocycles. The number of aromatic nitrogens is 1. The average Bonchev–Trinajstić information content (AvgIpc) is 2.17. The van der Waals surface area contributed by atoms with Crippen molar-refractivity contribution in [1.82, 2.24) is 4.98 Å². The third kappa shape index (κ3) is 3.60. The summed E-state index contributed by atoms with van der Waals surface area (Å²) in [5.74, 6) is -2.25. The van der Waals surface area contributed by atoms with Crippen LogP contribution < -0.4 is 0 Å². The molecule has 2 N–H and O–H groups in total. The van der Waals surface area contributed by atoms with Crippen LogP contribution in [0.2, 0.25) is 0 Å². The summed E-state index contributed by atoms with van der Waals surface area (Å²) >= 11 is 0. The fourth-order valence-electron chi connectivity index (χ4n) is 1.10. The van der Waals surface area contributed by atoms with Gasteiger partial charge < -0.3 is 10.2 Å². The van der Waals surface area contributed by atoms with Crippen LogP contribution in [0.4, 0.5) is 0 Å². The lowest BCUT2D eigenvalue weighted by Crippen LogP contribution is -2.00. The zero-order chi connectivity index (χ0) is 11.3. The van der Waals surface area contributed by atoms with Gasteiger partial charge in [-0.15, -0.1) is 0 Å². The van der Waals surface area contributed by atoms with E-state index in [0.29, 0.717) is 5.56 Å². The van der Waals surface area contributed by atoms with E-state index in [2.05, 4.69) is 4.98 Å². The Hall–Kier alpha value is -2.17. The van der Waals surface area contributed by atoms with Gasteiger partial charge in [-0.25, -0.2) is 4.79 Å². The number of nitrogens with zero attached hydrogens (tertiary/aromatic N) is 1. The highest BCUT2D eigenvalue weighted by Crippen LogP contribution is 2.16. The first-order valence-electron chi connectivity index (χ1n) is 4.15. The van der Waals surface area contributed by atoms with Crippen molar-refractivity contribution < 1.29 is 19.8 Å². The molecule has 0 spiro atoms. The second-order valence-electron chi connectivity index (χ2n) is 2.82. The van der Waals surface area contributed by atoms with Crippen molar-refractivity contribution in [3.8, 4) is 0 Å². The van der Waals surface area contributed by atoms with E-state index >= 15 is 0 Å². The van der Waals surface area contributed by atoms with E-state index in [1.165, 1.54) is 12.4 Å². The molecule has 5 nitrogen and oxygen atoms in total. The second kappa shape index (κ2) is 4.90. The SMILES string of the molecule is O=C(O)/C=C(/CC(=O)O)c1cccnc1. The van der Waals surface area contributed by atoms with Gasteiger partial charge in [0.05, 0.1) is 6.42 Å². The molecule has 0 saturated carbocycles. The molecule has 0 aliphatic rings. The fourth-order valence-corrected chi connectivity index (χ4v) is 1.10. The van der Waals surface area contributed by atoms with Gasteiger partial charge >= 0.3 is 11.9 Å². The van der Waals surface area contributed by atoms with Gasteiger partial charge in [-0.2, -0.15) is 0 Å². The molecule has 0 aromatic carbocycles. The molecule has 0 saturated heterocycles. The van der Waals surface area contributed by atoms with Crippen molar-refractivity contribution in [2.75, 3.05) is 0 Å². The van der Waals surface area contributed by atoms with Gasteiger partial charge in [-0.1, -0.05) is 6.07 Å². The van der Waals surface area contributed by atoms with Gasteiger partial charge in [0.25, 0.3) is 0 Å². The smallest absolute Gasteiger partial charge is 0.328 e. The maximum atomic E-state index is 10.5. The lowest BCUT2D eigenvalue weighted by Gasteiger charge is -2.02. The summed E-state index contributed by atoms with van der Waals surface area (Å²) in [5.41, 5.74) is 0.727. The Morgan fingerprint density at radius 2 is 2.13 bits per heavy atom. The van der Waals surface area contributed by atoms with E-state index < -0.39 is 11.9 Å². The average molecular weight is 207 g/mol. The zero-order valence-electron chi connectivity index (χ0n) is 7.75. The predicted octanol–water partition coefficient (Wildman–Crippen LogP) is 1.02. The van der Waals surface area contributed by atoms with Crippen LogP contribution in [0.5, 0.6) is 0 Å². The minimum absolute atomic E-state index is 0.225. The maximum absolute atomic E-state index is 10.5. The summed E-state index contributed by atoms with van der Waals surface area (Å²) in [7, 11) is 0. The highest BCUT2D eigenvalue weighted by atomic mass is 16.4. The summed E-state index contributed by atoms with van der Waals surface area (Å²) in [6, 6.07) is 3.23. The molecule has 5 heteroatoms. The third-order valence-electron chi connectivity index (χ3n) is 1.67. The number of rotatable bonds is 4. The molecule has 1 aromatic heterocycles. The van der Waals surface area contributed by atoms with E-state index in [1.54, 1.807) is 12.1 Å². The number of carboxylic acid groups (broad SMARTS) is 2. The van der Waals surface area contributed by atoms with Crippen LogP contribution >= 0.6 is 0 Å². The van der Waals surface area contributed by atoms with Gasteiger partial charge in [0.1, 0.15) is 0 Å². The van der Waals surface area contributed by atoms with Gasteiger partial charge in [0.2, 0.25) is 0 Å². The fraction of sp³-hybridized carbons (Fsp3) is 0.100. The highest BCUT2D eigenvalue weighted by molar-refractivity contribution is 5.94. The van der Waals surface area contributed by atoms with Crippen molar-refractivity contribution >= 4 is 17.5 Å².